The Morgan fingerprint density at radius 2 is 1.77 bits per heavy atom. The van der Waals surface area contributed by atoms with Crippen LogP contribution < -0.4 is 5.32 Å². The van der Waals surface area contributed by atoms with E-state index in [4.69, 9.17) is 5.11 Å². The smallest absolute Gasteiger partial charge is 0.335 e. The van der Waals surface area contributed by atoms with Gasteiger partial charge >= 0.3 is 5.97 Å². The summed E-state index contributed by atoms with van der Waals surface area (Å²) in [6, 6.07) is 6.55. The number of likely N-dealkylation sites (N-methyl/N-ethyl adjacent to an activating group) is 1. The van der Waals surface area contributed by atoms with Gasteiger partial charge in [0.1, 0.15) is 0 Å². The van der Waals surface area contributed by atoms with E-state index in [0.717, 1.165) is 38.3 Å². The monoisotopic (exact) mass is 305 g/mol. The molecule has 0 saturated carbocycles. The van der Waals surface area contributed by atoms with Crippen LogP contribution in [0.2, 0.25) is 0 Å². The first-order valence-electron chi connectivity index (χ1n) is 7.54. The molecule has 0 aromatic heterocycles. The Kier molecular flexibility index (Phi) is 5.91. The summed E-state index contributed by atoms with van der Waals surface area (Å²) in [5, 5.41) is 11.7. The van der Waals surface area contributed by atoms with Crippen molar-refractivity contribution in [1.82, 2.24) is 15.1 Å². The molecule has 6 heteroatoms. The number of carboxylic acids is 1. The molecule has 1 fully saturated rings. The lowest BCUT2D eigenvalue weighted by Gasteiger charge is -2.32. The molecule has 6 nitrogen and oxygen atoms in total. The molecule has 0 spiro atoms. The first-order valence-corrected chi connectivity index (χ1v) is 7.54. The number of carbonyl (C=O) groups is 2. The summed E-state index contributed by atoms with van der Waals surface area (Å²) >= 11 is 0. The van der Waals surface area contributed by atoms with Crippen molar-refractivity contribution in [2.75, 3.05) is 39.8 Å². The largest absolute Gasteiger partial charge is 0.478 e. The van der Waals surface area contributed by atoms with E-state index in [2.05, 4.69) is 22.2 Å². The molecular formula is C16H23N3O3. The van der Waals surface area contributed by atoms with E-state index < -0.39 is 5.97 Å². The van der Waals surface area contributed by atoms with Gasteiger partial charge in [-0.1, -0.05) is 12.1 Å². The van der Waals surface area contributed by atoms with Crippen LogP contribution in [0.25, 0.3) is 0 Å². The van der Waals surface area contributed by atoms with Crippen LogP contribution in [0.15, 0.2) is 24.3 Å². The summed E-state index contributed by atoms with van der Waals surface area (Å²) in [4.78, 5) is 27.2. The zero-order chi connectivity index (χ0) is 15.9. The molecule has 0 bridgehead atoms. The van der Waals surface area contributed by atoms with Gasteiger partial charge in [-0.2, -0.15) is 0 Å². The van der Waals surface area contributed by atoms with Crippen molar-refractivity contribution in [3.8, 4) is 0 Å². The van der Waals surface area contributed by atoms with E-state index in [1.807, 2.05) is 0 Å². The third kappa shape index (κ3) is 5.13. The SMILES string of the molecule is CN1CCN(CCC(=O)NCc2ccc(C(=O)O)cc2)CC1. The van der Waals surface area contributed by atoms with E-state index in [-0.39, 0.29) is 11.5 Å². The van der Waals surface area contributed by atoms with Crippen molar-refractivity contribution < 1.29 is 14.7 Å². The molecule has 0 radical (unpaired) electrons. The Morgan fingerprint density at radius 3 is 2.36 bits per heavy atom. The first-order chi connectivity index (χ1) is 10.5. The van der Waals surface area contributed by atoms with Crippen LogP contribution in [0.1, 0.15) is 22.3 Å². The number of piperazine rings is 1. The van der Waals surface area contributed by atoms with Crippen molar-refractivity contribution >= 4 is 11.9 Å². The highest BCUT2D eigenvalue weighted by Crippen LogP contribution is 2.05. The minimum absolute atomic E-state index is 0.0289. The number of benzene rings is 1. The Labute approximate surface area is 130 Å². The molecule has 2 rings (SSSR count). The zero-order valence-corrected chi connectivity index (χ0v) is 12.9. The molecule has 0 unspecified atom stereocenters. The lowest BCUT2D eigenvalue weighted by Crippen LogP contribution is -2.45. The fraction of sp³-hybridized carbons (Fsp3) is 0.500. The highest BCUT2D eigenvalue weighted by Gasteiger charge is 2.14. The molecule has 1 saturated heterocycles. The summed E-state index contributed by atoms with van der Waals surface area (Å²) in [5.74, 6) is -0.913. The van der Waals surface area contributed by atoms with E-state index >= 15 is 0 Å². The summed E-state index contributed by atoms with van der Waals surface area (Å²) in [6.07, 6.45) is 0.497. The van der Waals surface area contributed by atoms with Crippen LogP contribution in [-0.2, 0) is 11.3 Å². The fourth-order valence-electron chi connectivity index (χ4n) is 2.39. The maximum atomic E-state index is 11.9. The predicted molar refractivity (Wildman–Crippen MR) is 83.8 cm³/mol. The van der Waals surface area contributed by atoms with Gasteiger partial charge in [0.2, 0.25) is 5.91 Å². The quantitative estimate of drug-likeness (QED) is 0.807. The van der Waals surface area contributed by atoms with Crippen LogP contribution in [0.5, 0.6) is 0 Å². The predicted octanol–water partition coefficient (Wildman–Crippen LogP) is 0.639. The van der Waals surface area contributed by atoms with Crippen molar-refractivity contribution in [3.05, 3.63) is 35.4 Å². The number of hydrogen-bond donors (Lipinski definition) is 2. The standard InChI is InChI=1S/C16H23N3O3/c1-18-8-10-19(11-9-18)7-6-15(20)17-12-13-2-4-14(5-3-13)16(21)22/h2-5H,6-12H2,1H3,(H,17,20)(H,21,22). The molecule has 22 heavy (non-hydrogen) atoms. The van der Waals surface area contributed by atoms with Gasteiger partial charge in [-0.15, -0.1) is 0 Å². The minimum Gasteiger partial charge on any atom is -0.478 e. The summed E-state index contributed by atoms with van der Waals surface area (Å²) in [6.45, 7) is 5.36. The van der Waals surface area contributed by atoms with Gasteiger partial charge in [0.25, 0.3) is 0 Å². The second-order valence-corrected chi connectivity index (χ2v) is 5.67. The molecule has 1 heterocycles. The Hall–Kier alpha value is -1.92. The summed E-state index contributed by atoms with van der Waals surface area (Å²) < 4.78 is 0. The van der Waals surface area contributed by atoms with Crippen LogP contribution >= 0.6 is 0 Å². The average Bonchev–Trinajstić information content (AvgIpc) is 2.52. The van der Waals surface area contributed by atoms with Crippen molar-refractivity contribution in [2.24, 2.45) is 0 Å². The maximum absolute atomic E-state index is 11.9. The lowest BCUT2D eigenvalue weighted by atomic mass is 10.1. The van der Waals surface area contributed by atoms with E-state index in [0.29, 0.717) is 13.0 Å². The Bertz CT molecular complexity index is 508. The van der Waals surface area contributed by atoms with E-state index in [9.17, 15) is 9.59 Å². The maximum Gasteiger partial charge on any atom is 0.335 e. The average molecular weight is 305 g/mol. The number of nitrogens with zero attached hydrogens (tertiary/aromatic N) is 2. The second-order valence-electron chi connectivity index (χ2n) is 5.67. The van der Waals surface area contributed by atoms with Gasteiger partial charge in [0.05, 0.1) is 5.56 Å². The number of aromatic carboxylic acids is 1. The molecular weight excluding hydrogens is 282 g/mol. The molecule has 1 aromatic rings. The lowest BCUT2D eigenvalue weighted by molar-refractivity contribution is -0.121. The van der Waals surface area contributed by atoms with Gasteiger partial charge in [-0.25, -0.2) is 4.79 Å². The molecule has 2 N–H and O–H groups in total. The zero-order valence-electron chi connectivity index (χ0n) is 12.9. The molecule has 0 aliphatic carbocycles. The van der Waals surface area contributed by atoms with Crippen LogP contribution in [0.4, 0.5) is 0 Å². The molecule has 1 aliphatic rings. The van der Waals surface area contributed by atoms with Crippen molar-refractivity contribution in [3.63, 3.8) is 0 Å². The van der Waals surface area contributed by atoms with Gasteiger partial charge in [0.15, 0.2) is 0 Å². The minimum atomic E-state index is -0.942. The molecule has 1 aliphatic heterocycles. The van der Waals surface area contributed by atoms with Gasteiger partial charge in [0, 0.05) is 45.7 Å². The normalized spacial score (nSPS) is 16.4. The number of carboxylic acid groups (broad SMARTS) is 1. The molecule has 1 amide bonds. The van der Waals surface area contributed by atoms with Gasteiger partial charge in [-0.3, -0.25) is 4.79 Å². The number of nitrogens with one attached hydrogen (secondary N) is 1. The molecule has 1 aromatic carbocycles. The van der Waals surface area contributed by atoms with Crippen molar-refractivity contribution in [2.45, 2.75) is 13.0 Å². The highest BCUT2D eigenvalue weighted by atomic mass is 16.4. The summed E-state index contributed by atoms with van der Waals surface area (Å²) in [5.41, 5.74) is 1.16. The Balaban J connectivity index is 1.68. The van der Waals surface area contributed by atoms with Crippen LogP contribution in [0, 0.1) is 0 Å². The van der Waals surface area contributed by atoms with Crippen LogP contribution in [-0.4, -0.2) is 66.6 Å². The fourth-order valence-corrected chi connectivity index (χ4v) is 2.39. The topological polar surface area (TPSA) is 72.9 Å². The molecule has 120 valence electrons. The van der Waals surface area contributed by atoms with E-state index in [1.165, 1.54) is 0 Å². The Morgan fingerprint density at radius 1 is 1.14 bits per heavy atom. The third-order valence-electron chi connectivity index (χ3n) is 3.94. The summed E-state index contributed by atoms with van der Waals surface area (Å²) in [7, 11) is 2.11. The molecule has 0 atom stereocenters. The highest BCUT2D eigenvalue weighted by molar-refractivity contribution is 5.87. The van der Waals surface area contributed by atoms with Crippen LogP contribution in [0.3, 0.4) is 0 Å². The van der Waals surface area contributed by atoms with Gasteiger partial charge in [-0.05, 0) is 24.7 Å². The number of rotatable bonds is 6. The number of carbonyl (C=O) groups excluding carboxylic acids is 1. The first kappa shape index (κ1) is 16.5. The third-order valence-corrected chi connectivity index (χ3v) is 3.94. The van der Waals surface area contributed by atoms with Gasteiger partial charge < -0.3 is 20.2 Å². The second kappa shape index (κ2) is 7.91. The number of amides is 1. The van der Waals surface area contributed by atoms with E-state index in [1.54, 1.807) is 24.3 Å². The van der Waals surface area contributed by atoms with Crippen molar-refractivity contribution in [1.29, 1.82) is 0 Å². The number of hydrogen-bond acceptors (Lipinski definition) is 4.